The summed E-state index contributed by atoms with van der Waals surface area (Å²) in [5.41, 5.74) is 1.01. The van der Waals surface area contributed by atoms with Crippen molar-refractivity contribution in [3.8, 4) is 0 Å². The maximum Gasteiger partial charge on any atom is 0.410 e. The summed E-state index contributed by atoms with van der Waals surface area (Å²) in [5, 5.41) is 11.2. The molecule has 3 rings (SSSR count). The molecule has 0 atom stereocenters. The van der Waals surface area contributed by atoms with Crippen molar-refractivity contribution in [2.75, 3.05) is 19.7 Å². The van der Waals surface area contributed by atoms with E-state index < -0.39 is 17.7 Å². The second-order valence-electron chi connectivity index (χ2n) is 7.88. The maximum absolute atomic E-state index is 12.5. The Balaban J connectivity index is 1.91. The van der Waals surface area contributed by atoms with Crippen molar-refractivity contribution in [1.82, 2.24) is 4.90 Å². The number of rotatable bonds is 3. The molecule has 0 spiro atoms. The van der Waals surface area contributed by atoms with E-state index in [1.54, 1.807) is 11.8 Å². The summed E-state index contributed by atoms with van der Waals surface area (Å²) in [4.78, 5) is 31.6. The lowest BCUT2D eigenvalue weighted by Gasteiger charge is -2.24. The summed E-state index contributed by atoms with van der Waals surface area (Å²) in [6, 6.07) is 9.21. The van der Waals surface area contributed by atoms with Crippen LogP contribution >= 0.6 is 11.8 Å². The molecular formula is C22H26N2O5S. The number of esters is 1. The Labute approximate surface area is 180 Å². The van der Waals surface area contributed by atoms with E-state index in [1.165, 1.54) is 11.8 Å². The van der Waals surface area contributed by atoms with Gasteiger partial charge in [0.15, 0.2) is 0 Å². The van der Waals surface area contributed by atoms with E-state index in [2.05, 4.69) is 4.99 Å². The number of likely N-dealkylation sites (tertiary alicyclic amines) is 1. The lowest BCUT2D eigenvalue weighted by molar-refractivity contribution is -0.138. The minimum atomic E-state index is -0.616. The summed E-state index contributed by atoms with van der Waals surface area (Å²) >= 11 is 1.23. The van der Waals surface area contributed by atoms with Gasteiger partial charge in [-0.2, -0.15) is 0 Å². The Bertz CT molecular complexity index is 929. The summed E-state index contributed by atoms with van der Waals surface area (Å²) in [5.74, 6) is -0.760. The van der Waals surface area contributed by atoms with Crippen molar-refractivity contribution >= 4 is 34.6 Å². The van der Waals surface area contributed by atoms with Gasteiger partial charge in [-0.15, -0.1) is 0 Å². The number of thioether (sulfide) groups is 1. The zero-order chi connectivity index (χ0) is 21.9. The SMILES string of the molecule is CCOC(=O)C1=C(O)/C(=C2/CCN(C(=O)OC(C)(C)C)C2)SC1=Nc1ccccc1. The predicted octanol–water partition coefficient (Wildman–Crippen LogP) is 4.73. The number of ether oxygens (including phenoxy) is 2. The van der Waals surface area contributed by atoms with Gasteiger partial charge >= 0.3 is 12.1 Å². The molecule has 1 aromatic carbocycles. The normalized spacial score (nSPS) is 20.8. The van der Waals surface area contributed by atoms with Gasteiger partial charge in [-0.1, -0.05) is 30.0 Å². The van der Waals surface area contributed by atoms with E-state index in [-0.39, 0.29) is 17.9 Å². The zero-order valence-electron chi connectivity index (χ0n) is 17.6. The fourth-order valence-electron chi connectivity index (χ4n) is 3.06. The first-order valence-electron chi connectivity index (χ1n) is 9.82. The van der Waals surface area contributed by atoms with Crippen LogP contribution in [0.2, 0.25) is 0 Å². The third kappa shape index (κ3) is 5.05. The van der Waals surface area contributed by atoms with Gasteiger partial charge in [0.25, 0.3) is 0 Å². The van der Waals surface area contributed by atoms with Gasteiger partial charge in [0, 0.05) is 13.1 Å². The molecule has 160 valence electrons. The van der Waals surface area contributed by atoms with Crippen LogP contribution in [-0.4, -0.2) is 52.4 Å². The quantitative estimate of drug-likeness (QED) is 0.697. The molecule has 1 fully saturated rings. The first-order chi connectivity index (χ1) is 14.2. The van der Waals surface area contributed by atoms with Crippen LogP contribution in [0.1, 0.15) is 34.1 Å². The molecule has 8 heteroatoms. The average molecular weight is 431 g/mol. The maximum atomic E-state index is 12.5. The molecule has 1 aromatic rings. The van der Waals surface area contributed by atoms with E-state index in [0.717, 1.165) is 5.57 Å². The third-order valence-electron chi connectivity index (χ3n) is 4.37. The van der Waals surface area contributed by atoms with Crippen LogP contribution in [0.15, 0.2) is 57.1 Å². The average Bonchev–Trinajstić information content (AvgIpc) is 3.26. The fourth-order valence-corrected chi connectivity index (χ4v) is 4.20. The van der Waals surface area contributed by atoms with Crippen molar-refractivity contribution in [3.05, 3.63) is 52.1 Å². The number of aliphatic hydroxyl groups is 1. The smallest absolute Gasteiger partial charge is 0.410 e. The van der Waals surface area contributed by atoms with Crippen molar-refractivity contribution in [2.45, 2.75) is 39.7 Å². The van der Waals surface area contributed by atoms with E-state index in [1.807, 2.05) is 51.1 Å². The minimum Gasteiger partial charge on any atom is -0.506 e. The molecule has 0 saturated carbocycles. The molecule has 30 heavy (non-hydrogen) atoms. The molecule has 2 aliphatic heterocycles. The standard InChI is InChI=1S/C22H26N2O5S/c1-5-28-20(26)16-17(25)18(30-19(16)23-15-9-7-6-8-10-15)14-11-12-24(13-14)21(27)29-22(2,3)4/h6-10,25H,5,11-13H2,1-4H3/b18-14+,23-19?. The molecule has 1 saturated heterocycles. The van der Waals surface area contributed by atoms with Gasteiger partial charge in [0.2, 0.25) is 0 Å². The van der Waals surface area contributed by atoms with Gasteiger partial charge in [0.1, 0.15) is 22.0 Å². The zero-order valence-corrected chi connectivity index (χ0v) is 18.4. The molecule has 2 aliphatic rings. The van der Waals surface area contributed by atoms with Crippen molar-refractivity contribution in [1.29, 1.82) is 0 Å². The minimum absolute atomic E-state index is 0.0592. The highest BCUT2D eigenvalue weighted by Gasteiger charge is 2.37. The van der Waals surface area contributed by atoms with E-state index in [0.29, 0.717) is 35.1 Å². The number of para-hydroxylation sites is 1. The molecule has 0 unspecified atom stereocenters. The van der Waals surface area contributed by atoms with Crippen molar-refractivity contribution < 1.29 is 24.2 Å². The first kappa shape index (κ1) is 22.0. The lowest BCUT2D eigenvalue weighted by Crippen LogP contribution is -2.34. The number of aliphatic hydroxyl groups excluding tert-OH is 1. The number of aliphatic imine (C=N–C) groups is 1. The molecule has 0 aromatic heterocycles. The van der Waals surface area contributed by atoms with Crippen molar-refractivity contribution in [3.63, 3.8) is 0 Å². The molecule has 1 N–H and O–H groups in total. The van der Waals surface area contributed by atoms with Crippen molar-refractivity contribution in [2.24, 2.45) is 4.99 Å². The van der Waals surface area contributed by atoms with Gasteiger partial charge in [-0.3, -0.25) is 0 Å². The summed E-state index contributed by atoms with van der Waals surface area (Å²) in [6.07, 6.45) is 0.189. The van der Waals surface area contributed by atoms with Gasteiger partial charge in [0.05, 0.1) is 17.2 Å². The van der Waals surface area contributed by atoms with Crippen LogP contribution in [0.4, 0.5) is 10.5 Å². The van der Waals surface area contributed by atoms with Gasteiger partial charge < -0.3 is 19.5 Å². The van der Waals surface area contributed by atoms with Crippen LogP contribution in [0.5, 0.6) is 0 Å². The van der Waals surface area contributed by atoms with E-state index in [9.17, 15) is 14.7 Å². The highest BCUT2D eigenvalue weighted by molar-refractivity contribution is 8.18. The number of hydrogen-bond donors (Lipinski definition) is 1. The van der Waals surface area contributed by atoms with Crippen LogP contribution in [0, 0.1) is 0 Å². The topological polar surface area (TPSA) is 88.4 Å². The van der Waals surface area contributed by atoms with Crippen LogP contribution in [0.25, 0.3) is 0 Å². The number of hydrogen-bond acceptors (Lipinski definition) is 7. The molecule has 0 radical (unpaired) electrons. The number of carbonyl (C=O) groups excluding carboxylic acids is 2. The first-order valence-corrected chi connectivity index (χ1v) is 10.6. The summed E-state index contributed by atoms with van der Waals surface area (Å²) in [7, 11) is 0. The highest BCUT2D eigenvalue weighted by Crippen LogP contribution is 2.42. The second kappa shape index (κ2) is 8.95. The third-order valence-corrected chi connectivity index (χ3v) is 5.54. The second-order valence-corrected chi connectivity index (χ2v) is 8.88. The monoisotopic (exact) mass is 430 g/mol. The Hall–Kier alpha value is -2.74. The van der Waals surface area contributed by atoms with Crippen LogP contribution < -0.4 is 0 Å². The van der Waals surface area contributed by atoms with E-state index in [4.69, 9.17) is 9.47 Å². The number of amides is 1. The molecule has 0 aliphatic carbocycles. The summed E-state index contributed by atoms with van der Waals surface area (Å²) in [6.45, 7) is 8.18. The Kier molecular flexibility index (Phi) is 6.55. The molecule has 2 heterocycles. The van der Waals surface area contributed by atoms with E-state index >= 15 is 0 Å². The Morgan fingerprint density at radius 1 is 1.23 bits per heavy atom. The Morgan fingerprint density at radius 2 is 1.93 bits per heavy atom. The lowest BCUT2D eigenvalue weighted by atomic mass is 10.1. The van der Waals surface area contributed by atoms with Gasteiger partial charge in [-0.25, -0.2) is 14.6 Å². The predicted molar refractivity (Wildman–Crippen MR) is 117 cm³/mol. The molecule has 7 nitrogen and oxygen atoms in total. The van der Waals surface area contributed by atoms with Gasteiger partial charge in [-0.05, 0) is 51.8 Å². The fraction of sp³-hybridized carbons (Fsp3) is 0.409. The molecule has 0 bridgehead atoms. The highest BCUT2D eigenvalue weighted by atomic mass is 32.2. The van der Waals surface area contributed by atoms with Crippen LogP contribution in [-0.2, 0) is 14.3 Å². The van der Waals surface area contributed by atoms with Crippen LogP contribution in [0.3, 0.4) is 0 Å². The largest absolute Gasteiger partial charge is 0.506 e. The molecule has 1 amide bonds. The molecular weight excluding hydrogens is 404 g/mol. The number of carbonyl (C=O) groups is 2. The number of benzene rings is 1. The summed E-state index contributed by atoms with van der Waals surface area (Å²) < 4.78 is 10.6. The Morgan fingerprint density at radius 3 is 2.57 bits per heavy atom. The number of nitrogens with zero attached hydrogens (tertiary/aromatic N) is 2.